The maximum absolute atomic E-state index is 12.3. The van der Waals surface area contributed by atoms with E-state index in [0.717, 1.165) is 19.4 Å². The number of rotatable bonds is 5. The van der Waals surface area contributed by atoms with Gasteiger partial charge in [-0.15, -0.1) is 0 Å². The van der Waals surface area contributed by atoms with Crippen molar-refractivity contribution >= 4 is 17.6 Å². The molecule has 1 aromatic carbocycles. The van der Waals surface area contributed by atoms with Crippen molar-refractivity contribution in [3.63, 3.8) is 0 Å². The average Bonchev–Trinajstić information content (AvgIpc) is 2.53. The number of carbonyl (C=O) groups excluding carboxylic acids is 2. The summed E-state index contributed by atoms with van der Waals surface area (Å²) >= 11 is 0. The topological polar surface area (TPSA) is 76.7 Å². The van der Waals surface area contributed by atoms with Crippen LogP contribution in [0.25, 0.3) is 0 Å². The van der Waals surface area contributed by atoms with E-state index in [1.54, 1.807) is 24.3 Å². The molecule has 2 atom stereocenters. The van der Waals surface area contributed by atoms with Crippen LogP contribution in [0.5, 0.6) is 5.75 Å². The van der Waals surface area contributed by atoms with Gasteiger partial charge in [-0.3, -0.25) is 4.79 Å². The Morgan fingerprint density at radius 2 is 2.23 bits per heavy atom. The first-order chi connectivity index (χ1) is 10.6. The molecule has 0 spiro atoms. The van der Waals surface area contributed by atoms with E-state index in [9.17, 15) is 9.59 Å². The fourth-order valence-electron chi connectivity index (χ4n) is 2.48. The third-order valence-electron chi connectivity index (χ3n) is 3.68. The van der Waals surface area contributed by atoms with E-state index in [0.29, 0.717) is 17.5 Å². The highest BCUT2D eigenvalue weighted by Crippen LogP contribution is 2.21. The van der Waals surface area contributed by atoms with E-state index in [2.05, 4.69) is 22.3 Å². The van der Waals surface area contributed by atoms with Crippen molar-refractivity contribution in [1.82, 2.24) is 5.32 Å². The van der Waals surface area contributed by atoms with Crippen molar-refractivity contribution in [3.8, 4) is 5.75 Å². The van der Waals surface area contributed by atoms with Crippen LogP contribution < -0.4 is 15.4 Å². The van der Waals surface area contributed by atoms with E-state index in [1.807, 2.05) is 0 Å². The number of nitrogens with one attached hydrogen (secondary N) is 2. The molecule has 1 heterocycles. The van der Waals surface area contributed by atoms with Gasteiger partial charge in [0.05, 0.1) is 7.11 Å². The van der Waals surface area contributed by atoms with Gasteiger partial charge < -0.3 is 20.1 Å². The first kappa shape index (κ1) is 16.3. The van der Waals surface area contributed by atoms with Crippen molar-refractivity contribution in [1.29, 1.82) is 0 Å². The van der Waals surface area contributed by atoms with Crippen LogP contribution in [-0.4, -0.2) is 38.2 Å². The highest BCUT2D eigenvalue weighted by molar-refractivity contribution is 5.92. The summed E-state index contributed by atoms with van der Waals surface area (Å²) in [5.41, 5.74) is 0.665. The lowest BCUT2D eigenvalue weighted by atomic mass is 9.92. The summed E-state index contributed by atoms with van der Waals surface area (Å²) in [5, 5.41) is 6.24. The molecule has 1 amide bonds. The lowest BCUT2D eigenvalue weighted by molar-refractivity contribution is -0.142. The van der Waals surface area contributed by atoms with Crippen LogP contribution in [0.4, 0.5) is 5.69 Å². The molecule has 0 aliphatic carbocycles. The first-order valence-electron chi connectivity index (χ1n) is 7.42. The van der Waals surface area contributed by atoms with Crippen LogP contribution in [0.3, 0.4) is 0 Å². The molecule has 0 saturated carbocycles. The number of amides is 1. The molecule has 1 aromatic rings. The molecule has 6 heteroatoms. The van der Waals surface area contributed by atoms with Crippen LogP contribution in [0.15, 0.2) is 24.3 Å². The van der Waals surface area contributed by atoms with E-state index in [-0.39, 0.29) is 18.4 Å². The largest absolute Gasteiger partial charge is 0.482 e. The molecule has 0 aromatic heterocycles. The Hall–Kier alpha value is -2.08. The van der Waals surface area contributed by atoms with Crippen molar-refractivity contribution < 1.29 is 19.1 Å². The Morgan fingerprint density at radius 3 is 2.95 bits per heavy atom. The number of hydrogen-bond acceptors (Lipinski definition) is 5. The van der Waals surface area contributed by atoms with Crippen LogP contribution in [0.1, 0.15) is 19.8 Å². The molecule has 6 nitrogen and oxygen atoms in total. The average molecular weight is 306 g/mol. The van der Waals surface area contributed by atoms with Gasteiger partial charge in [-0.25, -0.2) is 4.79 Å². The summed E-state index contributed by atoms with van der Waals surface area (Å²) < 4.78 is 9.82. The molecule has 22 heavy (non-hydrogen) atoms. The fourth-order valence-corrected chi connectivity index (χ4v) is 2.48. The van der Waals surface area contributed by atoms with Crippen LogP contribution in [-0.2, 0) is 14.3 Å². The van der Waals surface area contributed by atoms with Gasteiger partial charge in [-0.2, -0.15) is 0 Å². The van der Waals surface area contributed by atoms with Crippen molar-refractivity contribution in [2.24, 2.45) is 5.92 Å². The van der Waals surface area contributed by atoms with Gasteiger partial charge >= 0.3 is 5.97 Å². The number of anilines is 1. The van der Waals surface area contributed by atoms with Crippen molar-refractivity contribution in [2.45, 2.75) is 25.8 Å². The molecular weight excluding hydrogens is 284 g/mol. The first-order valence-corrected chi connectivity index (χ1v) is 7.42. The zero-order chi connectivity index (χ0) is 15.9. The Labute approximate surface area is 130 Å². The lowest BCUT2D eigenvalue weighted by Crippen LogP contribution is -2.40. The van der Waals surface area contributed by atoms with E-state index < -0.39 is 5.97 Å². The Balaban J connectivity index is 1.92. The second-order valence-electron chi connectivity index (χ2n) is 5.46. The number of hydrogen-bond donors (Lipinski definition) is 2. The molecule has 120 valence electrons. The standard InChI is InChI=1S/C16H22N2O4/c1-11-8-12(6-7-17-11)16(20)18-13-4-3-5-14(9-13)22-10-15(19)21-2/h3-5,9,11-12,17H,6-8,10H2,1-2H3,(H,18,20)/t11-,12-/m0/s1. The smallest absolute Gasteiger partial charge is 0.343 e. The number of ether oxygens (including phenoxy) is 2. The zero-order valence-electron chi connectivity index (χ0n) is 12.9. The Bertz CT molecular complexity index is 533. The summed E-state index contributed by atoms with van der Waals surface area (Å²) in [6, 6.07) is 7.36. The minimum Gasteiger partial charge on any atom is -0.482 e. The van der Waals surface area contributed by atoms with Gasteiger partial charge in [0.1, 0.15) is 5.75 Å². The maximum Gasteiger partial charge on any atom is 0.343 e. The molecule has 1 aliphatic rings. The lowest BCUT2D eigenvalue weighted by Gasteiger charge is -2.27. The summed E-state index contributed by atoms with van der Waals surface area (Å²) in [6.07, 6.45) is 1.68. The predicted molar refractivity (Wildman–Crippen MR) is 82.8 cm³/mol. The Kier molecular flexibility index (Phi) is 5.77. The predicted octanol–water partition coefficient (Wildman–Crippen LogP) is 1.56. The van der Waals surface area contributed by atoms with Gasteiger partial charge in [0.15, 0.2) is 6.61 Å². The monoisotopic (exact) mass is 306 g/mol. The highest BCUT2D eigenvalue weighted by atomic mass is 16.6. The number of piperidine rings is 1. The summed E-state index contributed by atoms with van der Waals surface area (Å²) in [5.74, 6) is 0.120. The summed E-state index contributed by atoms with van der Waals surface area (Å²) in [6.45, 7) is 2.79. The van der Waals surface area contributed by atoms with Gasteiger partial charge in [-0.1, -0.05) is 6.07 Å². The molecule has 0 radical (unpaired) electrons. The van der Waals surface area contributed by atoms with Crippen molar-refractivity contribution in [3.05, 3.63) is 24.3 Å². The third-order valence-corrected chi connectivity index (χ3v) is 3.68. The minimum atomic E-state index is -0.446. The normalized spacial score (nSPS) is 21.0. The van der Waals surface area contributed by atoms with Crippen molar-refractivity contribution in [2.75, 3.05) is 25.6 Å². The zero-order valence-corrected chi connectivity index (χ0v) is 12.9. The number of methoxy groups -OCH3 is 1. The fraction of sp³-hybridized carbons (Fsp3) is 0.500. The molecule has 0 bridgehead atoms. The number of benzene rings is 1. The second-order valence-corrected chi connectivity index (χ2v) is 5.46. The van der Waals surface area contributed by atoms with Gasteiger partial charge in [0, 0.05) is 23.7 Å². The minimum absolute atomic E-state index is 0.0240. The van der Waals surface area contributed by atoms with Gasteiger partial charge in [-0.05, 0) is 38.4 Å². The van der Waals surface area contributed by atoms with E-state index >= 15 is 0 Å². The number of carbonyl (C=O) groups is 2. The molecular formula is C16H22N2O4. The SMILES string of the molecule is COC(=O)COc1cccc(NC(=O)[C@H]2CCN[C@@H](C)C2)c1. The van der Waals surface area contributed by atoms with E-state index in [1.165, 1.54) is 7.11 Å². The van der Waals surface area contributed by atoms with E-state index in [4.69, 9.17) is 4.74 Å². The summed E-state index contributed by atoms with van der Waals surface area (Å²) in [4.78, 5) is 23.3. The Morgan fingerprint density at radius 1 is 1.41 bits per heavy atom. The van der Waals surface area contributed by atoms with Crippen LogP contribution in [0, 0.1) is 5.92 Å². The molecule has 2 N–H and O–H groups in total. The second kappa shape index (κ2) is 7.79. The maximum atomic E-state index is 12.3. The van der Waals surface area contributed by atoms with Crippen LogP contribution >= 0.6 is 0 Å². The van der Waals surface area contributed by atoms with Gasteiger partial charge in [0.2, 0.25) is 5.91 Å². The molecule has 1 fully saturated rings. The molecule has 0 unspecified atom stereocenters. The third kappa shape index (κ3) is 4.73. The van der Waals surface area contributed by atoms with Gasteiger partial charge in [0.25, 0.3) is 0 Å². The molecule has 1 aliphatic heterocycles. The number of esters is 1. The summed E-state index contributed by atoms with van der Waals surface area (Å²) in [7, 11) is 1.31. The molecule has 2 rings (SSSR count). The highest BCUT2D eigenvalue weighted by Gasteiger charge is 2.24. The molecule has 1 saturated heterocycles. The quantitative estimate of drug-likeness (QED) is 0.808. The van der Waals surface area contributed by atoms with Crippen LogP contribution in [0.2, 0.25) is 0 Å².